The van der Waals surface area contributed by atoms with E-state index in [1.165, 1.54) is 46.2 Å². The van der Waals surface area contributed by atoms with Crippen molar-refractivity contribution in [3.63, 3.8) is 0 Å². The van der Waals surface area contributed by atoms with E-state index in [1.807, 2.05) is 0 Å². The van der Waals surface area contributed by atoms with Crippen LogP contribution in [-0.2, 0) is 4.79 Å². The lowest BCUT2D eigenvalue weighted by Gasteiger charge is -2.16. The first-order valence-electron chi connectivity index (χ1n) is 7.70. The number of amides is 2. The van der Waals surface area contributed by atoms with Crippen molar-refractivity contribution < 1.29 is 14.0 Å². The van der Waals surface area contributed by atoms with Gasteiger partial charge in [0, 0.05) is 12.7 Å². The maximum atomic E-state index is 14.1. The number of tetrazole rings is 1. The molecule has 140 valence electrons. The van der Waals surface area contributed by atoms with Crippen molar-refractivity contribution in [2.45, 2.75) is 6.92 Å². The Morgan fingerprint density at radius 3 is 2.74 bits per heavy atom. The van der Waals surface area contributed by atoms with E-state index in [4.69, 9.17) is 0 Å². The number of nitrogens with one attached hydrogen (secondary N) is 1. The Morgan fingerprint density at radius 2 is 2.11 bits per heavy atom. The Morgan fingerprint density at radius 1 is 1.33 bits per heavy atom. The molecule has 0 atom stereocenters. The van der Waals surface area contributed by atoms with Gasteiger partial charge in [0.1, 0.15) is 11.5 Å². The van der Waals surface area contributed by atoms with Crippen LogP contribution in [0.25, 0.3) is 5.69 Å². The third-order valence-electron chi connectivity index (χ3n) is 3.59. The number of nitrogens with zero attached hydrogens (tertiary/aromatic N) is 5. The molecule has 0 saturated heterocycles. The van der Waals surface area contributed by atoms with E-state index in [0.717, 1.165) is 3.79 Å². The minimum absolute atomic E-state index is 0.114. The van der Waals surface area contributed by atoms with E-state index in [0.29, 0.717) is 16.4 Å². The monoisotopic (exact) mass is 452 g/mol. The number of benzene rings is 1. The molecule has 2 aromatic heterocycles. The Hall–Kier alpha value is -2.66. The maximum absolute atomic E-state index is 14.1. The molecule has 11 heteroatoms. The van der Waals surface area contributed by atoms with Crippen LogP contribution in [0.5, 0.6) is 0 Å². The summed E-state index contributed by atoms with van der Waals surface area (Å²) in [5.41, 5.74) is 0.481. The molecule has 0 aliphatic rings. The molecule has 2 heterocycles. The molecule has 0 bridgehead atoms. The Kier molecular flexibility index (Phi) is 5.61. The van der Waals surface area contributed by atoms with Crippen LogP contribution in [0.4, 0.5) is 10.1 Å². The second-order valence-electron chi connectivity index (χ2n) is 5.62. The van der Waals surface area contributed by atoms with Gasteiger partial charge in [-0.2, -0.15) is 4.68 Å². The lowest BCUT2D eigenvalue weighted by atomic mass is 10.2. The summed E-state index contributed by atoms with van der Waals surface area (Å²) in [6.07, 6.45) is 0. The number of rotatable bonds is 5. The van der Waals surface area contributed by atoms with Crippen molar-refractivity contribution in [3.8, 4) is 5.69 Å². The van der Waals surface area contributed by atoms with Gasteiger partial charge in [-0.3, -0.25) is 9.59 Å². The predicted molar refractivity (Wildman–Crippen MR) is 101 cm³/mol. The summed E-state index contributed by atoms with van der Waals surface area (Å²) in [5, 5.41) is 13.6. The second kappa shape index (κ2) is 7.92. The standard InChI is InChI=1S/C16H14BrFN6O2S/c1-9-20-21-22-24(9)12-7-10(3-4-11(12)18)19-15(25)8-23(2)16(26)13-5-6-14(17)27-13/h3-7H,8H2,1-2H3,(H,19,25). The van der Waals surface area contributed by atoms with Gasteiger partial charge in [0.15, 0.2) is 5.82 Å². The predicted octanol–water partition coefficient (Wildman–Crippen LogP) is 2.64. The fraction of sp³-hybridized carbons (Fsp3) is 0.188. The highest BCUT2D eigenvalue weighted by Gasteiger charge is 2.17. The molecule has 0 aliphatic carbocycles. The molecule has 0 aliphatic heterocycles. The Balaban J connectivity index is 1.69. The maximum Gasteiger partial charge on any atom is 0.264 e. The molecule has 0 unspecified atom stereocenters. The lowest BCUT2D eigenvalue weighted by molar-refractivity contribution is -0.116. The smallest absolute Gasteiger partial charge is 0.264 e. The Labute approximate surface area is 166 Å². The number of hydrogen-bond donors (Lipinski definition) is 1. The number of thiophene rings is 1. The van der Waals surface area contributed by atoms with E-state index < -0.39 is 11.7 Å². The summed E-state index contributed by atoms with van der Waals surface area (Å²) < 4.78 is 16.1. The number of carbonyl (C=O) groups excluding carboxylic acids is 2. The fourth-order valence-corrected chi connectivity index (χ4v) is 3.69. The summed E-state index contributed by atoms with van der Waals surface area (Å²) in [6, 6.07) is 7.52. The Bertz CT molecular complexity index is 1000. The molecule has 2 amide bonds. The molecule has 8 nitrogen and oxygen atoms in total. The number of hydrogen-bond acceptors (Lipinski definition) is 6. The van der Waals surface area contributed by atoms with Crippen LogP contribution in [0.2, 0.25) is 0 Å². The zero-order valence-corrected chi connectivity index (χ0v) is 16.7. The van der Waals surface area contributed by atoms with Crippen LogP contribution in [0.1, 0.15) is 15.5 Å². The van der Waals surface area contributed by atoms with Gasteiger partial charge < -0.3 is 10.2 Å². The SMILES string of the molecule is Cc1nnnn1-c1cc(NC(=O)CN(C)C(=O)c2ccc(Br)s2)ccc1F. The van der Waals surface area contributed by atoms with Crippen LogP contribution in [0.3, 0.4) is 0 Å². The van der Waals surface area contributed by atoms with E-state index >= 15 is 0 Å². The van der Waals surface area contributed by atoms with Crippen LogP contribution in [0, 0.1) is 12.7 Å². The van der Waals surface area contributed by atoms with Gasteiger partial charge in [0.05, 0.1) is 15.2 Å². The second-order valence-corrected chi connectivity index (χ2v) is 8.08. The van der Waals surface area contributed by atoms with Crippen molar-refractivity contribution in [2.75, 3.05) is 18.9 Å². The van der Waals surface area contributed by atoms with Crippen molar-refractivity contribution in [1.82, 2.24) is 25.1 Å². The molecule has 27 heavy (non-hydrogen) atoms. The van der Waals surface area contributed by atoms with Crippen molar-refractivity contribution >= 4 is 44.8 Å². The summed E-state index contributed by atoms with van der Waals surface area (Å²) in [6.45, 7) is 1.49. The average Bonchev–Trinajstić information content (AvgIpc) is 3.24. The van der Waals surface area contributed by atoms with Crippen LogP contribution < -0.4 is 5.32 Å². The molecule has 3 rings (SSSR count). The van der Waals surface area contributed by atoms with Crippen LogP contribution in [0.15, 0.2) is 34.1 Å². The molecule has 0 spiro atoms. The highest BCUT2D eigenvalue weighted by Crippen LogP contribution is 2.23. The number of likely N-dealkylation sites (N-methyl/N-ethyl adjacent to an activating group) is 1. The quantitative estimate of drug-likeness (QED) is 0.642. The molecule has 0 saturated carbocycles. The number of carbonyl (C=O) groups is 2. The van der Waals surface area contributed by atoms with Gasteiger partial charge in [-0.25, -0.2) is 4.39 Å². The number of aromatic nitrogens is 4. The van der Waals surface area contributed by atoms with Gasteiger partial charge >= 0.3 is 0 Å². The summed E-state index contributed by atoms with van der Waals surface area (Å²) in [5.74, 6) is -0.791. The normalized spacial score (nSPS) is 10.7. The first kappa shape index (κ1) is 19.1. The molecule has 3 aromatic rings. The van der Waals surface area contributed by atoms with E-state index in [1.54, 1.807) is 19.1 Å². The average molecular weight is 453 g/mol. The van der Waals surface area contributed by atoms with Gasteiger partial charge in [-0.15, -0.1) is 16.4 Å². The molecule has 0 radical (unpaired) electrons. The number of halogens is 2. The van der Waals surface area contributed by atoms with E-state index in [9.17, 15) is 14.0 Å². The fourth-order valence-electron chi connectivity index (χ4n) is 2.31. The van der Waals surface area contributed by atoms with Crippen LogP contribution in [-0.4, -0.2) is 50.5 Å². The summed E-state index contributed by atoms with van der Waals surface area (Å²) >= 11 is 4.59. The third kappa shape index (κ3) is 4.37. The molecule has 0 fully saturated rings. The van der Waals surface area contributed by atoms with Crippen LogP contribution >= 0.6 is 27.3 Å². The largest absolute Gasteiger partial charge is 0.332 e. The number of aryl methyl sites for hydroxylation is 1. The first-order chi connectivity index (χ1) is 12.8. The van der Waals surface area contributed by atoms with Gasteiger partial charge in [-0.05, 0) is 63.6 Å². The number of anilines is 1. The molecule has 1 aromatic carbocycles. The highest BCUT2D eigenvalue weighted by atomic mass is 79.9. The molecular formula is C16H14BrFN6O2S. The topological polar surface area (TPSA) is 93.0 Å². The van der Waals surface area contributed by atoms with Gasteiger partial charge in [0.25, 0.3) is 5.91 Å². The summed E-state index contributed by atoms with van der Waals surface area (Å²) in [7, 11) is 1.54. The van der Waals surface area contributed by atoms with Gasteiger partial charge in [0.2, 0.25) is 5.91 Å². The molecular weight excluding hydrogens is 439 g/mol. The van der Waals surface area contributed by atoms with E-state index in [2.05, 4.69) is 36.8 Å². The van der Waals surface area contributed by atoms with Crippen molar-refractivity contribution in [3.05, 3.63) is 50.6 Å². The minimum atomic E-state index is -0.529. The van der Waals surface area contributed by atoms with E-state index in [-0.39, 0.29) is 18.1 Å². The van der Waals surface area contributed by atoms with Crippen molar-refractivity contribution in [2.24, 2.45) is 0 Å². The van der Waals surface area contributed by atoms with Gasteiger partial charge in [-0.1, -0.05) is 0 Å². The molecule has 1 N–H and O–H groups in total. The summed E-state index contributed by atoms with van der Waals surface area (Å²) in [4.78, 5) is 26.4. The van der Waals surface area contributed by atoms with Crippen molar-refractivity contribution in [1.29, 1.82) is 0 Å². The minimum Gasteiger partial charge on any atom is -0.332 e. The zero-order valence-electron chi connectivity index (χ0n) is 14.3. The zero-order chi connectivity index (χ0) is 19.6. The highest BCUT2D eigenvalue weighted by molar-refractivity contribution is 9.11. The first-order valence-corrected chi connectivity index (χ1v) is 9.31. The lowest BCUT2D eigenvalue weighted by Crippen LogP contribution is -2.34. The third-order valence-corrected chi connectivity index (χ3v) is 5.21.